The topological polar surface area (TPSA) is 72.2 Å². The van der Waals surface area contributed by atoms with Gasteiger partial charge in [-0.25, -0.2) is 0 Å². The van der Waals surface area contributed by atoms with Crippen LogP contribution in [0.15, 0.2) is 24.3 Å². The van der Waals surface area contributed by atoms with Crippen LogP contribution in [0.3, 0.4) is 0 Å². The van der Waals surface area contributed by atoms with E-state index in [1.54, 1.807) is 12.1 Å². The van der Waals surface area contributed by atoms with Gasteiger partial charge >= 0.3 is 6.36 Å². The van der Waals surface area contributed by atoms with Crippen molar-refractivity contribution in [2.24, 2.45) is 0 Å². The first-order valence-electron chi connectivity index (χ1n) is 4.26. The molecule has 0 saturated heterocycles. The van der Waals surface area contributed by atoms with E-state index >= 15 is 0 Å². The van der Waals surface area contributed by atoms with Crippen molar-refractivity contribution in [2.75, 3.05) is 5.33 Å². The summed E-state index contributed by atoms with van der Waals surface area (Å²) < 4.78 is 39.2. The zero-order valence-electron chi connectivity index (χ0n) is 8.72. The molecular weight excluding hydrogens is 304 g/mol. The lowest BCUT2D eigenvalue weighted by atomic mass is 9.68. The molecule has 0 aromatic heterocycles. The molecule has 0 aliphatic rings. The monoisotopic (exact) mass is 315 g/mol. The molecule has 1 radical (unpaired) electrons. The summed E-state index contributed by atoms with van der Waals surface area (Å²) >= 11 is 3.26. The van der Waals surface area contributed by atoms with E-state index in [9.17, 15) is 13.2 Å². The Kier molecular flexibility index (Phi) is 9.18. The molecule has 3 nitrogen and oxygen atoms in total. The fourth-order valence-electron chi connectivity index (χ4n) is 1.03. The van der Waals surface area contributed by atoms with Gasteiger partial charge in [-0.3, -0.25) is 0 Å². The zero-order chi connectivity index (χ0) is 11.3. The fraction of sp³-hybridized carbons (Fsp3) is 0.333. The van der Waals surface area contributed by atoms with Crippen molar-refractivity contribution in [1.82, 2.24) is 0 Å². The summed E-state index contributed by atoms with van der Waals surface area (Å²) in [5.74, 6) is -0.196. The maximum Gasteiger partial charge on any atom is 0.573 e. The molecule has 1 rings (SSSR count). The Morgan fingerprint density at radius 2 is 1.65 bits per heavy atom. The third kappa shape index (κ3) is 8.06. The summed E-state index contributed by atoms with van der Waals surface area (Å²) in [6.07, 6.45) is -3.79. The predicted octanol–water partition coefficient (Wildman–Crippen LogP) is 1.08. The van der Waals surface area contributed by atoms with Gasteiger partial charge in [0.05, 0.1) is 0 Å². The van der Waals surface area contributed by atoms with Crippen LogP contribution in [0.1, 0.15) is 0 Å². The number of hydrogen-bond acceptors (Lipinski definition) is 1. The number of halogens is 4. The molecule has 17 heavy (non-hydrogen) atoms. The second kappa shape index (κ2) is 8.38. The molecule has 97 valence electrons. The van der Waals surface area contributed by atoms with E-state index in [1.807, 2.05) is 7.28 Å². The van der Waals surface area contributed by atoms with Crippen LogP contribution >= 0.6 is 15.9 Å². The summed E-state index contributed by atoms with van der Waals surface area (Å²) in [7, 11) is 1.92. The van der Waals surface area contributed by atoms with Gasteiger partial charge in [-0.1, -0.05) is 39.8 Å². The molecule has 0 saturated carbocycles. The number of hydrogen-bond donors (Lipinski definition) is 0. The van der Waals surface area contributed by atoms with Gasteiger partial charge in [-0.15, -0.1) is 13.2 Å². The maximum atomic E-state index is 11.8. The Labute approximate surface area is 106 Å². The van der Waals surface area contributed by atoms with Crippen LogP contribution in [-0.2, 0) is 0 Å². The first-order valence-corrected chi connectivity index (χ1v) is 5.38. The van der Waals surface area contributed by atoms with Crippen molar-refractivity contribution in [2.45, 2.75) is 12.7 Å². The Bertz CT molecular complexity index is 305. The Hall–Kier alpha value is -0.725. The molecule has 8 heteroatoms. The molecule has 0 spiro atoms. The van der Waals surface area contributed by atoms with Crippen LogP contribution in [-0.4, -0.2) is 29.9 Å². The second-order valence-corrected chi connectivity index (χ2v) is 3.59. The minimum absolute atomic E-state index is 0. The van der Waals surface area contributed by atoms with Crippen LogP contribution in [0.25, 0.3) is 0 Å². The van der Waals surface area contributed by atoms with Crippen LogP contribution in [0.4, 0.5) is 13.2 Å². The predicted molar refractivity (Wildman–Crippen MR) is 64.3 cm³/mol. The summed E-state index contributed by atoms with van der Waals surface area (Å²) in [5.41, 5.74) is 0.879. The molecule has 0 fully saturated rings. The van der Waals surface area contributed by atoms with Gasteiger partial charge in [0.25, 0.3) is 0 Å². The molecular formula is C9H12BBrF3O3. The third-order valence-corrected chi connectivity index (χ3v) is 2.06. The Morgan fingerprint density at radius 1 is 1.12 bits per heavy atom. The number of rotatable bonds is 4. The van der Waals surface area contributed by atoms with Gasteiger partial charge in [-0.2, -0.15) is 0 Å². The van der Waals surface area contributed by atoms with Crippen molar-refractivity contribution in [1.29, 1.82) is 0 Å². The molecule has 4 N–H and O–H groups in total. The van der Waals surface area contributed by atoms with Crippen molar-refractivity contribution in [3.05, 3.63) is 24.3 Å². The van der Waals surface area contributed by atoms with E-state index in [0.717, 1.165) is 17.1 Å². The standard InChI is InChI=1S/C9H8BBrF3O.2H2O/c11-6-5-10-7-1-3-8(4-2-7)15-9(12,13)14;;/h1-4H,5-6H2;2*1H2. The van der Waals surface area contributed by atoms with Gasteiger partial charge in [-0.05, 0) is 17.5 Å². The molecule has 0 aliphatic carbocycles. The third-order valence-electron chi connectivity index (χ3n) is 1.60. The van der Waals surface area contributed by atoms with Gasteiger partial charge in [0.1, 0.15) is 5.75 Å². The fourth-order valence-corrected chi connectivity index (χ4v) is 1.26. The Morgan fingerprint density at radius 3 is 2.06 bits per heavy atom. The lowest BCUT2D eigenvalue weighted by Crippen LogP contribution is -2.18. The first kappa shape index (κ1) is 18.6. The summed E-state index contributed by atoms with van der Waals surface area (Å²) in [6, 6.07) is 5.77. The van der Waals surface area contributed by atoms with Crippen LogP contribution < -0.4 is 10.2 Å². The molecule has 0 atom stereocenters. The minimum atomic E-state index is -4.62. The molecule has 0 aliphatic heterocycles. The molecule has 1 aromatic carbocycles. The van der Waals surface area contributed by atoms with Crippen molar-refractivity contribution >= 4 is 28.7 Å². The zero-order valence-corrected chi connectivity index (χ0v) is 10.3. The summed E-state index contributed by atoms with van der Waals surface area (Å²) in [5, 5.41) is 0.827. The highest BCUT2D eigenvalue weighted by atomic mass is 79.9. The van der Waals surface area contributed by atoms with E-state index in [-0.39, 0.29) is 16.7 Å². The molecule has 1 aromatic rings. The number of ether oxygens (including phenoxy) is 1. The van der Waals surface area contributed by atoms with E-state index in [2.05, 4.69) is 20.7 Å². The number of alkyl halides is 4. The van der Waals surface area contributed by atoms with Crippen molar-refractivity contribution in [3.63, 3.8) is 0 Å². The van der Waals surface area contributed by atoms with Gasteiger partial charge in [0.15, 0.2) is 7.28 Å². The largest absolute Gasteiger partial charge is 0.573 e. The van der Waals surface area contributed by atoms with Gasteiger partial charge < -0.3 is 15.7 Å². The highest BCUT2D eigenvalue weighted by molar-refractivity contribution is 9.09. The van der Waals surface area contributed by atoms with Crippen molar-refractivity contribution in [3.8, 4) is 5.75 Å². The Balaban J connectivity index is 0. The smallest absolute Gasteiger partial charge is 0.412 e. The maximum absolute atomic E-state index is 11.8. The van der Waals surface area contributed by atoms with Crippen LogP contribution in [0.2, 0.25) is 6.32 Å². The highest BCUT2D eigenvalue weighted by Crippen LogP contribution is 2.21. The van der Waals surface area contributed by atoms with E-state index in [1.165, 1.54) is 12.1 Å². The quantitative estimate of drug-likeness (QED) is 0.605. The van der Waals surface area contributed by atoms with Crippen LogP contribution in [0.5, 0.6) is 5.75 Å². The first-order chi connectivity index (χ1) is 7.01. The van der Waals surface area contributed by atoms with Gasteiger partial charge in [0, 0.05) is 0 Å². The molecule has 0 amide bonds. The average molecular weight is 316 g/mol. The van der Waals surface area contributed by atoms with Crippen molar-refractivity contribution < 1.29 is 28.9 Å². The summed E-state index contributed by atoms with van der Waals surface area (Å²) in [4.78, 5) is 0. The second-order valence-electron chi connectivity index (χ2n) is 2.80. The molecule has 0 unspecified atom stereocenters. The molecule has 0 heterocycles. The lowest BCUT2D eigenvalue weighted by Gasteiger charge is -2.08. The normalized spacial score (nSPS) is 9.88. The minimum Gasteiger partial charge on any atom is -0.412 e. The van der Waals surface area contributed by atoms with Crippen LogP contribution in [0, 0.1) is 0 Å². The highest BCUT2D eigenvalue weighted by Gasteiger charge is 2.30. The SMILES string of the molecule is FC(F)(F)Oc1ccc([B]CCBr)cc1.O.O. The van der Waals surface area contributed by atoms with E-state index in [4.69, 9.17) is 0 Å². The number of benzene rings is 1. The lowest BCUT2D eigenvalue weighted by molar-refractivity contribution is -0.274. The van der Waals surface area contributed by atoms with E-state index in [0.29, 0.717) is 0 Å². The van der Waals surface area contributed by atoms with Gasteiger partial charge in [0.2, 0.25) is 0 Å². The molecule has 0 bridgehead atoms. The summed E-state index contributed by atoms with van der Waals surface area (Å²) in [6.45, 7) is 0. The average Bonchev–Trinajstić information content (AvgIpc) is 2.14. The van der Waals surface area contributed by atoms with E-state index < -0.39 is 6.36 Å².